The van der Waals surface area contributed by atoms with E-state index in [-0.39, 0.29) is 11.4 Å². The standard InChI is InChI=1S/C10H13BN2O3S/c14-9(13-10-12-5-6-17-10)7-1-3-8(4-2-7)11(15)16/h1-4,10,12,15-16H,5-6H2,(H,13,14)/t10-/m1/s1. The van der Waals surface area contributed by atoms with Crippen LogP contribution in [0.4, 0.5) is 0 Å². The topological polar surface area (TPSA) is 81.6 Å². The highest BCUT2D eigenvalue weighted by Gasteiger charge is 2.18. The van der Waals surface area contributed by atoms with Crippen molar-refractivity contribution in [1.82, 2.24) is 10.6 Å². The van der Waals surface area contributed by atoms with E-state index in [0.29, 0.717) is 11.0 Å². The van der Waals surface area contributed by atoms with Crippen LogP contribution in [0.5, 0.6) is 0 Å². The summed E-state index contributed by atoms with van der Waals surface area (Å²) in [6.07, 6.45) is 0. The van der Waals surface area contributed by atoms with Crippen LogP contribution in [-0.4, -0.2) is 40.9 Å². The molecule has 1 aromatic carbocycles. The lowest BCUT2D eigenvalue weighted by atomic mass is 9.80. The van der Waals surface area contributed by atoms with E-state index in [1.807, 2.05) is 0 Å². The number of nitrogens with one attached hydrogen (secondary N) is 2. The second-order valence-corrected chi connectivity index (χ2v) is 4.89. The monoisotopic (exact) mass is 252 g/mol. The molecule has 2 rings (SSSR count). The Balaban J connectivity index is 1.98. The van der Waals surface area contributed by atoms with Gasteiger partial charge in [0, 0.05) is 17.9 Å². The molecular formula is C10H13BN2O3S. The third kappa shape index (κ3) is 3.23. The summed E-state index contributed by atoms with van der Waals surface area (Å²) in [7, 11) is -1.50. The molecule has 1 aliphatic rings. The number of hydrogen-bond donors (Lipinski definition) is 4. The molecule has 4 N–H and O–H groups in total. The van der Waals surface area contributed by atoms with Crippen molar-refractivity contribution in [2.24, 2.45) is 0 Å². The molecule has 0 saturated carbocycles. The second kappa shape index (κ2) is 5.55. The van der Waals surface area contributed by atoms with Crippen LogP contribution in [-0.2, 0) is 0 Å². The number of thioether (sulfide) groups is 1. The largest absolute Gasteiger partial charge is 0.488 e. The van der Waals surface area contributed by atoms with Gasteiger partial charge in [-0.25, -0.2) is 0 Å². The molecule has 5 nitrogen and oxygen atoms in total. The zero-order valence-corrected chi connectivity index (χ0v) is 9.91. The van der Waals surface area contributed by atoms with Crippen molar-refractivity contribution in [2.75, 3.05) is 12.3 Å². The molecule has 0 unspecified atom stereocenters. The maximum absolute atomic E-state index is 11.8. The van der Waals surface area contributed by atoms with Gasteiger partial charge in [-0.2, -0.15) is 0 Å². The molecule has 90 valence electrons. The molecule has 1 heterocycles. The molecule has 1 amide bonds. The van der Waals surface area contributed by atoms with Gasteiger partial charge in [0.05, 0.1) is 0 Å². The fraction of sp³-hybridized carbons (Fsp3) is 0.300. The smallest absolute Gasteiger partial charge is 0.423 e. The lowest BCUT2D eigenvalue weighted by Gasteiger charge is -2.12. The molecule has 1 atom stereocenters. The van der Waals surface area contributed by atoms with E-state index >= 15 is 0 Å². The molecule has 1 aromatic rings. The Hall–Kier alpha value is -1.02. The van der Waals surface area contributed by atoms with Crippen molar-refractivity contribution >= 4 is 30.3 Å². The van der Waals surface area contributed by atoms with Crippen LogP contribution in [0.1, 0.15) is 10.4 Å². The zero-order valence-electron chi connectivity index (χ0n) is 9.09. The van der Waals surface area contributed by atoms with E-state index in [0.717, 1.165) is 12.3 Å². The minimum atomic E-state index is -1.50. The molecule has 0 aliphatic carbocycles. The SMILES string of the molecule is O=C(N[C@H]1NCCS1)c1ccc(B(O)O)cc1. The Morgan fingerprint density at radius 2 is 2.12 bits per heavy atom. The minimum absolute atomic E-state index is 0.0365. The Labute approximate surface area is 104 Å². The molecule has 17 heavy (non-hydrogen) atoms. The molecule has 1 aliphatic heterocycles. The van der Waals surface area contributed by atoms with Gasteiger partial charge in [-0.05, 0) is 17.6 Å². The fourth-order valence-electron chi connectivity index (χ4n) is 1.53. The molecule has 7 heteroatoms. The summed E-state index contributed by atoms with van der Waals surface area (Å²) in [6.45, 7) is 0.894. The average molecular weight is 252 g/mol. The molecule has 0 radical (unpaired) electrons. The van der Waals surface area contributed by atoms with E-state index < -0.39 is 7.12 Å². The Morgan fingerprint density at radius 3 is 2.65 bits per heavy atom. The first-order valence-electron chi connectivity index (χ1n) is 5.29. The average Bonchev–Trinajstić information content (AvgIpc) is 2.82. The van der Waals surface area contributed by atoms with Gasteiger partial charge in [0.15, 0.2) is 0 Å². The van der Waals surface area contributed by atoms with Gasteiger partial charge >= 0.3 is 7.12 Å². The van der Waals surface area contributed by atoms with Gasteiger partial charge in [0.25, 0.3) is 5.91 Å². The lowest BCUT2D eigenvalue weighted by Crippen LogP contribution is -2.39. The molecule has 0 bridgehead atoms. The summed E-state index contributed by atoms with van der Waals surface area (Å²) in [5, 5.41) is 23.8. The van der Waals surface area contributed by atoms with E-state index in [9.17, 15) is 4.79 Å². The number of benzene rings is 1. The molecule has 1 saturated heterocycles. The van der Waals surface area contributed by atoms with Crippen LogP contribution < -0.4 is 16.1 Å². The van der Waals surface area contributed by atoms with Gasteiger partial charge in [-0.1, -0.05) is 12.1 Å². The molecule has 0 aromatic heterocycles. The van der Waals surface area contributed by atoms with Crippen LogP contribution >= 0.6 is 11.8 Å². The third-order valence-electron chi connectivity index (χ3n) is 2.45. The maximum atomic E-state index is 11.8. The zero-order chi connectivity index (χ0) is 12.3. The van der Waals surface area contributed by atoms with Crippen LogP contribution in [0.3, 0.4) is 0 Å². The van der Waals surface area contributed by atoms with Crippen molar-refractivity contribution in [3.8, 4) is 0 Å². The van der Waals surface area contributed by atoms with Gasteiger partial charge in [0.2, 0.25) is 0 Å². The maximum Gasteiger partial charge on any atom is 0.488 e. The van der Waals surface area contributed by atoms with Crippen LogP contribution in [0.2, 0.25) is 0 Å². The van der Waals surface area contributed by atoms with Gasteiger partial charge in [-0.3, -0.25) is 10.1 Å². The van der Waals surface area contributed by atoms with Crippen molar-refractivity contribution in [3.63, 3.8) is 0 Å². The number of carbonyl (C=O) groups excluding carboxylic acids is 1. The lowest BCUT2D eigenvalue weighted by molar-refractivity contribution is 0.0946. The first-order valence-corrected chi connectivity index (χ1v) is 6.33. The van der Waals surface area contributed by atoms with E-state index in [1.54, 1.807) is 23.9 Å². The number of amides is 1. The summed E-state index contributed by atoms with van der Waals surface area (Å²) >= 11 is 1.65. The second-order valence-electron chi connectivity index (χ2n) is 3.67. The number of carbonyl (C=O) groups is 1. The normalized spacial score (nSPS) is 19.1. The van der Waals surface area contributed by atoms with Crippen molar-refractivity contribution in [1.29, 1.82) is 0 Å². The van der Waals surface area contributed by atoms with Crippen molar-refractivity contribution in [3.05, 3.63) is 29.8 Å². The van der Waals surface area contributed by atoms with Gasteiger partial charge in [0.1, 0.15) is 5.50 Å². The Morgan fingerprint density at radius 1 is 1.41 bits per heavy atom. The summed E-state index contributed by atoms with van der Waals surface area (Å²) in [6, 6.07) is 6.19. The highest BCUT2D eigenvalue weighted by molar-refractivity contribution is 8.00. The van der Waals surface area contributed by atoms with Crippen LogP contribution in [0.25, 0.3) is 0 Å². The fourth-order valence-corrected chi connectivity index (χ4v) is 2.42. The highest BCUT2D eigenvalue weighted by atomic mass is 32.2. The van der Waals surface area contributed by atoms with Crippen molar-refractivity contribution in [2.45, 2.75) is 5.50 Å². The predicted molar refractivity (Wildman–Crippen MR) is 68.0 cm³/mol. The third-order valence-corrected chi connectivity index (χ3v) is 3.51. The van der Waals surface area contributed by atoms with E-state index in [1.165, 1.54) is 12.1 Å². The summed E-state index contributed by atoms with van der Waals surface area (Å²) < 4.78 is 0. The Kier molecular flexibility index (Phi) is 4.06. The summed E-state index contributed by atoms with van der Waals surface area (Å²) in [5.74, 6) is 0.816. The van der Waals surface area contributed by atoms with Gasteiger partial charge < -0.3 is 15.4 Å². The predicted octanol–water partition coefficient (Wildman–Crippen LogP) is -1.28. The Bertz CT molecular complexity index is 393. The first-order chi connectivity index (χ1) is 8.16. The molecule has 0 spiro atoms. The first kappa shape index (κ1) is 12.4. The minimum Gasteiger partial charge on any atom is -0.423 e. The molecular weight excluding hydrogens is 239 g/mol. The van der Waals surface area contributed by atoms with E-state index in [2.05, 4.69) is 10.6 Å². The van der Waals surface area contributed by atoms with Crippen LogP contribution in [0.15, 0.2) is 24.3 Å². The van der Waals surface area contributed by atoms with Crippen LogP contribution in [0, 0.1) is 0 Å². The van der Waals surface area contributed by atoms with Gasteiger partial charge in [-0.15, -0.1) is 11.8 Å². The summed E-state index contributed by atoms with van der Waals surface area (Å²) in [5.41, 5.74) is 0.837. The quantitative estimate of drug-likeness (QED) is 0.504. The summed E-state index contributed by atoms with van der Waals surface area (Å²) in [4.78, 5) is 11.8. The highest BCUT2D eigenvalue weighted by Crippen LogP contribution is 2.11. The number of rotatable bonds is 3. The van der Waals surface area contributed by atoms with E-state index in [4.69, 9.17) is 10.0 Å². The number of hydrogen-bond acceptors (Lipinski definition) is 5. The van der Waals surface area contributed by atoms with Crippen molar-refractivity contribution < 1.29 is 14.8 Å². The molecule has 1 fully saturated rings.